The van der Waals surface area contributed by atoms with Gasteiger partial charge in [0.15, 0.2) is 25.0 Å². The highest BCUT2D eigenvalue weighted by Crippen LogP contribution is 2.37. The molecule has 0 aliphatic carbocycles. The zero-order chi connectivity index (χ0) is 74.2. The Bertz CT molecular complexity index is 3730. The van der Waals surface area contributed by atoms with E-state index in [0.717, 1.165) is 4.58 Å². The van der Waals surface area contributed by atoms with Gasteiger partial charge in [-0.2, -0.15) is 0 Å². The summed E-state index contributed by atoms with van der Waals surface area (Å²) in [6.45, 7) is -3.59. The van der Waals surface area contributed by atoms with Crippen LogP contribution in [-0.4, -0.2) is 323 Å². The van der Waals surface area contributed by atoms with Gasteiger partial charge in [0.2, 0.25) is 36.1 Å². The minimum absolute atomic E-state index is 0.0687. The van der Waals surface area contributed by atoms with Gasteiger partial charge in [0.05, 0.1) is 40.1 Å². The topological polar surface area (TPSA) is 607 Å². The average molecular weight is 1450 g/mol. The molecule has 6 aliphatic heterocycles. The summed E-state index contributed by atoms with van der Waals surface area (Å²) in [6.07, 6.45) is -31.1. The van der Waals surface area contributed by atoms with Crippen molar-refractivity contribution >= 4 is 58.1 Å². The van der Waals surface area contributed by atoms with E-state index in [-0.39, 0.29) is 35.5 Å². The standard InChI is InChI=1S/C65H86N12O26/c1-26(28-8-4-3-5-9-28)42-58(94)71-32(18-27-12-14-29(15-13-27)98-62-52(90)50(88)55(40(25-81)101-62)103-63-53(91)49(87)54(39(24-80)102-63)99-37-17-16-36(97-2)30-10-6-7-11-31(30)37)57(93)75-43(45(83)33-19-69-64(66)73-33)60(96)76-44(59(95)72-34(22-78)56(92)68-21-41(82)74-42)46(84)35-20-70-65(67)77(35)61-51(89)48(86)47(85)38(23-79)100-61/h3-17,26,32-35,38-40,42-55,61-63,78-81,83-91H,18-25H2,1-2H3,(H11,66,67,68,69,70,71,72,73,74,75,76,82,92,93,94,95,96)/p+2/t26-,32-,33+,34?,35+,38+,39+,40-,42-,43+,44-,45-,46-,47+,48+,49-,50+,51+,52-,53+,54+,55+,61-,62-,63+/m1/s1. The maximum absolute atomic E-state index is 15.2. The predicted molar refractivity (Wildman–Crippen MR) is 349 cm³/mol. The lowest BCUT2D eigenvalue weighted by Gasteiger charge is -2.46. The largest absolute Gasteiger partial charge is 0.858 e. The van der Waals surface area contributed by atoms with Gasteiger partial charge in [-0.15, -0.1) is 0 Å². The van der Waals surface area contributed by atoms with E-state index in [2.05, 4.69) is 46.9 Å². The monoisotopic (exact) mass is 1450 g/mol. The van der Waals surface area contributed by atoms with Crippen molar-refractivity contribution in [2.45, 2.75) is 166 Å². The molecule has 0 bridgehead atoms. The van der Waals surface area contributed by atoms with Crippen molar-refractivity contribution in [3.05, 3.63) is 102 Å². The fraction of sp³-hybridized carbons (Fsp3) is 0.538. The van der Waals surface area contributed by atoms with Gasteiger partial charge in [-0.1, -0.05) is 73.7 Å². The average Bonchev–Trinajstić information content (AvgIpc) is 1.51. The van der Waals surface area contributed by atoms with Gasteiger partial charge >= 0.3 is 17.8 Å². The minimum Gasteiger partial charge on any atom is -0.858 e. The molecule has 25 atom stereocenters. The van der Waals surface area contributed by atoms with E-state index in [1.165, 1.54) is 31.4 Å². The Hall–Kier alpha value is -8.78. The van der Waals surface area contributed by atoms with Gasteiger partial charge < -0.3 is 131 Å². The van der Waals surface area contributed by atoms with Crippen LogP contribution in [-0.2, 0) is 44.5 Å². The molecule has 10 rings (SSSR count). The molecule has 103 heavy (non-hydrogen) atoms. The summed E-state index contributed by atoms with van der Waals surface area (Å²) in [5.74, 6) is -7.78. The molecule has 3 saturated heterocycles. The van der Waals surface area contributed by atoms with Crippen molar-refractivity contribution in [1.82, 2.24) is 31.9 Å². The zero-order valence-electron chi connectivity index (χ0n) is 55.5. The highest BCUT2D eigenvalue weighted by molar-refractivity contribution is 5.97. The molecule has 0 aromatic heterocycles. The van der Waals surface area contributed by atoms with Gasteiger partial charge in [0, 0.05) is 29.0 Å². The second kappa shape index (κ2) is 33.8. The molecule has 0 spiro atoms. The molecule has 1 unspecified atom stereocenters. The Morgan fingerprint density at radius 3 is 1.86 bits per heavy atom. The molecule has 3 fully saturated rings. The van der Waals surface area contributed by atoms with E-state index in [1.54, 1.807) is 73.7 Å². The Kier molecular flexibility index (Phi) is 25.2. The Labute approximate surface area is 586 Å². The van der Waals surface area contributed by atoms with Crippen molar-refractivity contribution < 1.29 is 143 Å². The van der Waals surface area contributed by atoms with Gasteiger partial charge in [0.25, 0.3) is 0 Å². The van der Waals surface area contributed by atoms with Gasteiger partial charge in [-0.05, 0) is 35.4 Å². The van der Waals surface area contributed by atoms with Crippen LogP contribution in [0.5, 0.6) is 17.2 Å². The maximum atomic E-state index is 15.2. The van der Waals surface area contributed by atoms with Crippen LogP contribution in [0.15, 0.2) is 96.0 Å². The molecule has 4 aromatic carbocycles. The lowest BCUT2D eigenvalue weighted by molar-refractivity contribution is -0.663. The molecule has 562 valence electrons. The number of carbonyl (C=O) groups is 4. The van der Waals surface area contributed by atoms with E-state index >= 15 is 9.59 Å². The maximum Gasteiger partial charge on any atom is 0.358 e. The summed E-state index contributed by atoms with van der Waals surface area (Å²) in [7, 11) is 1.49. The number of nitrogens with zero attached hydrogens (tertiary/aromatic N) is 2. The molecule has 6 heterocycles. The number of carbonyl (C=O) groups excluding carboxylic acids is 4. The van der Waals surface area contributed by atoms with E-state index < -0.39 is 234 Å². The molecule has 6 aliphatic rings. The summed E-state index contributed by atoms with van der Waals surface area (Å²) in [4.78, 5) is 69.3. The normalized spacial score (nSPS) is 34.5. The van der Waals surface area contributed by atoms with Crippen LogP contribution in [0.3, 0.4) is 0 Å². The molecule has 4 amide bonds. The number of fused-ring (bicyclic) bond motifs is 1. The Balaban J connectivity index is 0.916. The molecule has 0 radical (unpaired) electrons. The fourth-order valence-corrected chi connectivity index (χ4v) is 13.1. The first kappa shape index (κ1) is 76.8. The van der Waals surface area contributed by atoms with E-state index in [1.807, 2.05) is 0 Å². The number of benzene rings is 4. The SMILES string of the molecule is COc1ccc(O[C@@H]2[C@H](O)[C@H](O)[C@H](O[C@@H]3[C@@H](O)[C@@H](O)[C@H](Oc4ccc(C[C@H]5NC(=O)[C@@H]([C@H](C)c6ccccc6)N=C([O-])C[NH+]=C(O)C(CO)NC(=O)[C@@H]([C@H](O)[C@@H]6CNC(N)=[N+]6[C@@H]6O[C@@H](CO)[C@H](O)[C@H](O)[C@@H]6O)NC(=O)[C@H]([C@H](O)[C@@H]6C[NH+]=C(N)N6)NC5=O)cc4)O[C@@H]3CO)O[C@H]2CO)c2ccccc12. The number of nitrogens with two attached hydrogens (primary N) is 2. The van der Waals surface area contributed by atoms with E-state index in [9.17, 15) is 86.2 Å². The number of ether oxygens (including phenoxy) is 7. The second-order valence-corrected chi connectivity index (χ2v) is 25.5. The summed E-state index contributed by atoms with van der Waals surface area (Å²) in [6, 6.07) is 11.3. The highest BCUT2D eigenvalue weighted by Gasteiger charge is 2.55. The third kappa shape index (κ3) is 16.9. The molecule has 4 aromatic rings. The number of methoxy groups -OCH3 is 1. The van der Waals surface area contributed by atoms with Crippen LogP contribution >= 0.6 is 0 Å². The number of aliphatic imine (C=N–C) groups is 1. The van der Waals surface area contributed by atoms with Crippen molar-refractivity contribution in [2.24, 2.45) is 16.5 Å². The third-order valence-electron chi connectivity index (χ3n) is 18.9. The predicted octanol–water partition coefficient (Wildman–Crippen LogP) is -14.4. The number of rotatable bonds is 20. The molecule has 26 N–H and O–H groups in total. The van der Waals surface area contributed by atoms with Crippen LogP contribution in [0.2, 0.25) is 0 Å². The third-order valence-corrected chi connectivity index (χ3v) is 18.9. The lowest BCUT2D eigenvalue weighted by Crippen LogP contribution is -2.80. The molecular formula is C65H88N12O26+2. The Morgan fingerprint density at radius 1 is 0.621 bits per heavy atom. The van der Waals surface area contributed by atoms with Gasteiger partial charge in [-0.3, -0.25) is 51.3 Å². The van der Waals surface area contributed by atoms with Crippen LogP contribution < -0.4 is 72.7 Å². The molecule has 0 saturated carbocycles. The first-order valence-corrected chi connectivity index (χ1v) is 33.0. The fourth-order valence-electron chi connectivity index (χ4n) is 13.1. The first-order valence-electron chi connectivity index (χ1n) is 33.0. The molecular weight excluding hydrogens is 1360 g/mol. The van der Waals surface area contributed by atoms with Crippen LogP contribution in [0, 0.1) is 0 Å². The number of hydrogen-bond donors (Lipinski definition) is 24. The minimum atomic E-state index is -2.30. The van der Waals surface area contributed by atoms with E-state index in [4.69, 9.17) is 44.6 Å². The quantitative estimate of drug-likeness (QED) is 0.0365. The van der Waals surface area contributed by atoms with Crippen molar-refractivity contribution in [1.29, 1.82) is 0 Å². The summed E-state index contributed by atoms with van der Waals surface area (Å²) in [5.41, 5.74) is 13.0. The van der Waals surface area contributed by atoms with Crippen LogP contribution in [0.25, 0.3) is 10.8 Å². The number of guanidine groups is 2. The molecule has 38 nitrogen and oxygen atoms in total. The number of nitrogens with one attached hydrogen (secondary N) is 8. The van der Waals surface area contributed by atoms with Crippen molar-refractivity contribution in [2.75, 3.05) is 53.2 Å². The van der Waals surface area contributed by atoms with Crippen LogP contribution in [0.4, 0.5) is 0 Å². The van der Waals surface area contributed by atoms with E-state index in [0.29, 0.717) is 22.1 Å². The highest BCUT2D eigenvalue weighted by atomic mass is 16.7. The lowest BCUT2D eigenvalue weighted by atomic mass is 9.92. The summed E-state index contributed by atoms with van der Waals surface area (Å²) < 4.78 is 42.0. The van der Waals surface area contributed by atoms with Gasteiger partial charge in [-0.25, -0.2) is 9.57 Å². The second-order valence-electron chi connectivity index (χ2n) is 25.5. The number of hydrogen-bond acceptors (Lipinski definition) is 30. The van der Waals surface area contributed by atoms with Gasteiger partial charge in [0.1, 0.15) is 139 Å². The zero-order valence-corrected chi connectivity index (χ0v) is 55.5. The number of aliphatic hydroxyl groups excluding tert-OH is 14. The number of aliphatic hydroxyl groups is 14. The number of amides is 4. The van der Waals surface area contributed by atoms with Crippen molar-refractivity contribution in [3.8, 4) is 17.2 Å². The Morgan fingerprint density at radius 2 is 1.21 bits per heavy atom. The first-order chi connectivity index (χ1) is 49.3. The summed E-state index contributed by atoms with van der Waals surface area (Å²) in [5, 5.41) is 186. The molecule has 38 heteroatoms. The van der Waals surface area contributed by atoms with Crippen molar-refractivity contribution in [3.63, 3.8) is 0 Å². The van der Waals surface area contributed by atoms with Crippen LogP contribution in [0.1, 0.15) is 24.0 Å². The summed E-state index contributed by atoms with van der Waals surface area (Å²) >= 11 is 0. The smallest absolute Gasteiger partial charge is 0.358 e.